The monoisotopic (exact) mass is 196 g/mol. The zero-order valence-electron chi connectivity index (χ0n) is 8.86. The van der Waals surface area contributed by atoms with E-state index in [2.05, 4.69) is 19.1 Å². The van der Waals surface area contributed by atoms with Gasteiger partial charge in [0.05, 0.1) is 0 Å². The summed E-state index contributed by atoms with van der Waals surface area (Å²) >= 11 is 0. The highest BCUT2D eigenvalue weighted by Crippen LogP contribution is 2.08. The molecule has 1 N–H and O–H groups in total. The van der Waals surface area contributed by atoms with Crippen molar-refractivity contribution in [2.75, 3.05) is 6.61 Å². The summed E-state index contributed by atoms with van der Waals surface area (Å²) < 4.78 is 0. The molecule has 0 heterocycles. The third kappa shape index (κ3) is 7.74. The fourth-order valence-electron chi connectivity index (χ4n) is 1.16. The van der Waals surface area contributed by atoms with Crippen LogP contribution in [0.25, 0.3) is 0 Å². The molecule has 2 nitrogen and oxygen atoms in total. The Morgan fingerprint density at radius 2 is 2.07 bits per heavy atom. The standard InChI is InChI=1S/C12H20O2/c1-2-3-8-12(11-14)9-6-4-5-7-10-13/h3-5,8,10,12,14H,2,6-7,9,11H2,1H3. The van der Waals surface area contributed by atoms with Gasteiger partial charge in [0, 0.05) is 18.9 Å². The topological polar surface area (TPSA) is 37.3 Å². The van der Waals surface area contributed by atoms with Crippen LogP contribution in [0, 0.1) is 5.92 Å². The van der Waals surface area contributed by atoms with Gasteiger partial charge in [0.1, 0.15) is 6.29 Å². The van der Waals surface area contributed by atoms with Gasteiger partial charge in [0.15, 0.2) is 0 Å². The first-order chi connectivity index (χ1) is 6.85. The normalized spacial score (nSPS) is 13.9. The summed E-state index contributed by atoms with van der Waals surface area (Å²) in [5, 5.41) is 9.02. The van der Waals surface area contributed by atoms with Gasteiger partial charge in [-0.1, -0.05) is 31.2 Å². The highest BCUT2D eigenvalue weighted by Gasteiger charge is 1.99. The molecule has 0 saturated heterocycles. The molecule has 0 aromatic rings. The van der Waals surface area contributed by atoms with Crippen molar-refractivity contribution in [3.05, 3.63) is 24.3 Å². The first kappa shape index (κ1) is 13.1. The lowest BCUT2D eigenvalue weighted by Crippen LogP contribution is -2.01. The van der Waals surface area contributed by atoms with E-state index in [1.165, 1.54) is 0 Å². The summed E-state index contributed by atoms with van der Waals surface area (Å²) in [7, 11) is 0. The predicted molar refractivity (Wildman–Crippen MR) is 59.1 cm³/mol. The molecule has 1 atom stereocenters. The molecule has 0 aliphatic heterocycles. The number of aliphatic hydroxyl groups is 1. The molecule has 0 rings (SSSR count). The van der Waals surface area contributed by atoms with Gasteiger partial charge in [-0.2, -0.15) is 0 Å². The molecule has 80 valence electrons. The highest BCUT2D eigenvalue weighted by molar-refractivity contribution is 5.51. The molecule has 0 bridgehead atoms. The fourth-order valence-corrected chi connectivity index (χ4v) is 1.16. The third-order valence-corrected chi connectivity index (χ3v) is 1.98. The maximum atomic E-state index is 10.00. The van der Waals surface area contributed by atoms with Gasteiger partial charge in [-0.05, 0) is 19.3 Å². The fraction of sp³-hybridized carbons (Fsp3) is 0.583. The van der Waals surface area contributed by atoms with Crippen LogP contribution in [0.2, 0.25) is 0 Å². The number of aliphatic hydroxyl groups excluding tert-OH is 1. The van der Waals surface area contributed by atoms with Gasteiger partial charge >= 0.3 is 0 Å². The molecule has 2 heteroatoms. The van der Waals surface area contributed by atoms with Crippen LogP contribution in [0.15, 0.2) is 24.3 Å². The Balaban J connectivity index is 3.61. The van der Waals surface area contributed by atoms with Gasteiger partial charge in [0.25, 0.3) is 0 Å². The average molecular weight is 196 g/mol. The van der Waals surface area contributed by atoms with Crippen molar-refractivity contribution in [2.24, 2.45) is 5.92 Å². The molecule has 0 aliphatic carbocycles. The second kappa shape index (κ2) is 10.2. The van der Waals surface area contributed by atoms with E-state index >= 15 is 0 Å². The third-order valence-electron chi connectivity index (χ3n) is 1.98. The van der Waals surface area contributed by atoms with E-state index < -0.39 is 0 Å². The van der Waals surface area contributed by atoms with Crippen molar-refractivity contribution < 1.29 is 9.90 Å². The Labute approximate surface area is 86.3 Å². The molecule has 0 fully saturated rings. The molecule has 0 amide bonds. The van der Waals surface area contributed by atoms with Gasteiger partial charge < -0.3 is 9.90 Å². The van der Waals surface area contributed by atoms with Crippen molar-refractivity contribution in [1.29, 1.82) is 0 Å². The maximum absolute atomic E-state index is 10.00. The Hall–Kier alpha value is -0.890. The number of hydrogen-bond acceptors (Lipinski definition) is 2. The summed E-state index contributed by atoms with van der Waals surface area (Å²) in [4.78, 5) is 10.00. The SMILES string of the molecule is CCC=CC(CO)CCC=CCC=O. The minimum atomic E-state index is 0.206. The average Bonchev–Trinajstić information content (AvgIpc) is 2.22. The molecule has 0 aliphatic rings. The van der Waals surface area contributed by atoms with Crippen LogP contribution < -0.4 is 0 Å². The number of carbonyl (C=O) groups excluding carboxylic acids is 1. The maximum Gasteiger partial charge on any atom is 0.123 e. The van der Waals surface area contributed by atoms with Crippen LogP contribution in [0.3, 0.4) is 0 Å². The van der Waals surface area contributed by atoms with Gasteiger partial charge in [-0.15, -0.1) is 0 Å². The van der Waals surface area contributed by atoms with Crippen LogP contribution in [0.5, 0.6) is 0 Å². The van der Waals surface area contributed by atoms with Crippen LogP contribution >= 0.6 is 0 Å². The van der Waals surface area contributed by atoms with Crippen molar-refractivity contribution in [1.82, 2.24) is 0 Å². The lowest BCUT2D eigenvalue weighted by Gasteiger charge is -2.06. The zero-order valence-corrected chi connectivity index (χ0v) is 8.86. The summed E-state index contributed by atoms with van der Waals surface area (Å²) in [5.74, 6) is 0.260. The quantitative estimate of drug-likeness (QED) is 0.478. The molecule has 14 heavy (non-hydrogen) atoms. The van der Waals surface area contributed by atoms with Gasteiger partial charge in [0.2, 0.25) is 0 Å². The van der Waals surface area contributed by atoms with Gasteiger partial charge in [-0.25, -0.2) is 0 Å². The molecular formula is C12H20O2. The van der Waals surface area contributed by atoms with Crippen molar-refractivity contribution in [3.63, 3.8) is 0 Å². The van der Waals surface area contributed by atoms with Crippen LogP contribution in [0.1, 0.15) is 32.6 Å². The Morgan fingerprint density at radius 3 is 2.64 bits per heavy atom. The molecule has 0 aromatic heterocycles. The molecule has 1 unspecified atom stereocenters. The van der Waals surface area contributed by atoms with Crippen molar-refractivity contribution in [2.45, 2.75) is 32.6 Å². The second-order valence-corrected chi connectivity index (χ2v) is 3.23. The van der Waals surface area contributed by atoms with E-state index in [4.69, 9.17) is 5.11 Å². The Morgan fingerprint density at radius 1 is 1.29 bits per heavy atom. The smallest absolute Gasteiger partial charge is 0.123 e. The van der Waals surface area contributed by atoms with Crippen molar-refractivity contribution in [3.8, 4) is 0 Å². The minimum Gasteiger partial charge on any atom is -0.396 e. The first-order valence-electron chi connectivity index (χ1n) is 5.21. The number of rotatable bonds is 8. The molecule has 0 saturated carbocycles. The summed E-state index contributed by atoms with van der Waals surface area (Å²) in [6.45, 7) is 2.28. The van der Waals surface area contributed by atoms with Crippen molar-refractivity contribution >= 4 is 6.29 Å². The molecule has 0 aromatic carbocycles. The number of carbonyl (C=O) groups is 1. The Bertz CT molecular complexity index is 183. The molecule has 0 radical (unpaired) electrons. The van der Waals surface area contributed by atoms with Gasteiger partial charge in [-0.3, -0.25) is 0 Å². The largest absolute Gasteiger partial charge is 0.396 e. The number of hydrogen-bond donors (Lipinski definition) is 1. The van der Waals surface area contributed by atoms with E-state index in [1.807, 2.05) is 12.2 Å². The van der Waals surface area contributed by atoms with E-state index in [-0.39, 0.29) is 12.5 Å². The zero-order chi connectivity index (χ0) is 10.6. The van der Waals surface area contributed by atoms with E-state index in [1.54, 1.807) is 0 Å². The number of aldehydes is 1. The van der Waals surface area contributed by atoms with Crippen LogP contribution in [-0.4, -0.2) is 18.0 Å². The van der Waals surface area contributed by atoms with E-state index in [0.717, 1.165) is 25.5 Å². The van der Waals surface area contributed by atoms with Crippen LogP contribution in [0.4, 0.5) is 0 Å². The summed E-state index contributed by atoms with van der Waals surface area (Å²) in [6, 6.07) is 0. The second-order valence-electron chi connectivity index (χ2n) is 3.23. The number of allylic oxidation sites excluding steroid dienone is 3. The molecule has 0 spiro atoms. The molecular weight excluding hydrogens is 176 g/mol. The lowest BCUT2D eigenvalue weighted by atomic mass is 10.0. The lowest BCUT2D eigenvalue weighted by molar-refractivity contribution is -0.107. The Kier molecular flexibility index (Phi) is 9.54. The summed E-state index contributed by atoms with van der Waals surface area (Å²) in [5.41, 5.74) is 0. The highest BCUT2D eigenvalue weighted by atomic mass is 16.3. The van der Waals surface area contributed by atoms with Crippen LogP contribution in [-0.2, 0) is 4.79 Å². The minimum absolute atomic E-state index is 0.206. The predicted octanol–water partition coefficient (Wildman–Crippen LogP) is 2.49. The van der Waals surface area contributed by atoms with E-state index in [0.29, 0.717) is 6.42 Å². The summed E-state index contributed by atoms with van der Waals surface area (Å²) in [6.07, 6.45) is 12.3. The first-order valence-corrected chi connectivity index (χ1v) is 5.21. The van der Waals surface area contributed by atoms with E-state index in [9.17, 15) is 4.79 Å².